The first-order valence-electron chi connectivity index (χ1n) is 15.7. The van der Waals surface area contributed by atoms with Gasteiger partial charge in [-0.1, -0.05) is 54.4 Å². The van der Waals surface area contributed by atoms with E-state index in [1.165, 1.54) is 17.0 Å². The van der Waals surface area contributed by atoms with E-state index in [-0.39, 0.29) is 34.7 Å². The first-order valence-corrected chi connectivity index (χ1v) is 16.1. The molecule has 3 aromatic carbocycles. The fourth-order valence-corrected chi connectivity index (χ4v) is 8.73. The number of fused-ring (bicyclic) bond motifs is 4. The van der Waals surface area contributed by atoms with Crippen molar-refractivity contribution in [1.82, 2.24) is 0 Å². The van der Waals surface area contributed by atoms with Gasteiger partial charge in [0.2, 0.25) is 23.6 Å². The smallest absolute Gasteiger partial charge is 0.241 e. The summed E-state index contributed by atoms with van der Waals surface area (Å²) < 4.78 is 14.1. The lowest BCUT2D eigenvalue weighted by molar-refractivity contribution is -0.131. The van der Waals surface area contributed by atoms with Gasteiger partial charge in [0.05, 0.1) is 39.6 Å². The normalized spacial score (nSPS) is 28.7. The molecule has 236 valence electrons. The van der Waals surface area contributed by atoms with Gasteiger partial charge in [-0.2, -0.15) is 0 Å². The number of benzene rings is 3. The Morgan fingerprint density at radius 1 is 0.891 bits per heavy atom. The molecule has 0 bridgehead atoms. The maximum Gasteiger partial charge on any atom is 0.241 e. The topological polar surface area (TPSA) is 95.0 Å². The highest BCUT2D eigenvalue weighted by Gasteiger charge is 2.67. The van der Waals surface area contributed by atoms with Crippen LogP contribution in [0.15, 0.2) is 66.2 Å². The van der Waals surface area contributed by atoms with E-state index in [1.807, 2.05) is 37.3 Å². The van der Waals surface area contributed by atoms with Gasteiger partial charge in [-0.25, -0.2) is 9.29 Å². The van der Waals surface area contributed by atoms with Crippen LogP contribution in [0.3, 0.4) is 0 Å². The molecule has 4 aliphatic rings. The van der Waals surface area contributed by atoms with Crippen LogP contribution in [0.25, 0.3) is 0 Å². The summed E-state index contributed by atoms with van der Waals surface area (Å²) in [6, 6.07) is 14.9. The molecular weight excluding hydrogens is 607 g/mol. The summed E-state index contributed by atoms with van der Waals surface area (Å²) >= 11 is 6.09. The molecule has 4 amide bonds. The summed E-state index contributed by atoms with van der Waals surface area (Å²) in [6.45, 7) is 7.39. The summed E-state index contributed by atoms with van der Waals surface area (Å²) in [7, 11) is 0. The van der Waals surface area contributed by atoms with Crippen LogP contribution in [0, 0.1) is 48.8 Å². The summed E-state index contributed by atoms with van der Waals surface area (Å²) in [5.74, 6) is -5.15. The number of hydrogen-bond acceptors (Lipinski definition) is 5. The lowest BCUT2D eigenvalue weighted by Crippen LogP contribution is -2.49. The minimum absolute atomic E-state index is 0.146. The number of carbonyl (C=O) groups is 4. The van der Waals surface area contributed by atoms with Crippen molar-refractivity contribution in [3.05, 3.63) is 99.3 Å². The number of phenols is 1. The van der Waals surface area contributed by atoms with Gasteiger partial charge in [0.1, 0.15) is 11.6 Å². The van der Waals surface area contributed by atoms with Crippen LogP contribution < -0.4 is 9.80 Å². The van der Waals surface area contributed by atoms with Gasteiger partial charge < -0.3 is 5.11 Å². The molecule has 2 aliphatic heterocycles. The number of phenolic OH excluding ortho intramolecular Hbond substituents is 1. The van der Waals surface area contributed by atoms with Crippen LogP contribution >= 0.6 is 11.6 Å². The molecule has 0 radical (unpaired) electrons. The number of aromatic hydroxyl groups is 1. The molecule has 0 spiro atoms. The number of carbonyl (C=O) groups excluding carboxylic acids is 4. The van der Waals surface area contributed by atoms with Crippen LogP contribution in [0.2, 0.25) is 5.02 Å². The van der Waals surface area contributed by atoms with Crippen molar-refractivity contribution in [2.24, 2.45) is 29.1 Å². The number of rotatable bonds is 4. The molecule has 46 heavy (non-hydrogen) atoms. The van der Waals surface area contributed by atoms with Crippen molar-refractivity contribution in [2.45, 2.75) is 52.9 Å². The highest BCUT2D eigenvalue weighted by atomic mass is 35.5. The lowest BCUT2D eigenvalue weighted by Gasteiger charge is -2.49. The molecule has 0 unspecified atom stereocenters. The Kier molecular flexibility index (Phi) is 7.01. The molecule has 6 atom stereocenters. The van der Waals surface area contributed by atoms with Crippen molar-refractivity contribution < 1.29 is 28.7 Å². The maximum absolute atomic E-state index is 14.6. The molecule has 1 saturated carbocycles. The van der Waals surface area contributed by atoms with Gasteiger partial charge in [0.15, 0.2) is 0 Å². The minimum atomic E-state index is -1.26. The second-order valence-electron chi connectivity index (χ2n) is 13.3. The van der Waals surface area contributed by atoms with Crippen LogP contribution in [-0.4, -0.2) is 28.7 Å². The third-order valence-corrected chi connectivity index (χ3v) is 11.2. The van der Waals surface area contributed by atoms with E-state index in [9.17, 15) is 28.7 Å². The van der Waals surface area contributed by atoms with Gasteiger partial charge >= 0.3 is 0 Å². The third-order valence-electron chi connectivity index (χ3n) is 10.9. The van der Waals surface area contributed by atoms with Crippen LogP contribution in [0.5, 0.6) is 5.75 Å². The predicted molar refractivity (Wildman–Crippen MR) is 172 cm³/mol. The van der Waals surface area contributed by atoms with Crippen LogP contribution in [0.1, 0.15) is 54.9 Å². The van der Waals surface area contributed by atoms with E-state index in [0.29, 0.717) is 23.2 Å². The van der Waals surface area contributed by atoms with E-state index in [4.69, 9.17) is 11.6 Å². The number of anilines is 2. The van der Waals surface area contributed by atoms with Crippen LogP contribution in [-0.2, 0) is 25.6 Å². The molecule has 7 nitrogen and oxygen atoms in total. The van der Waals surface area contributed by atoms with Gasteiger partial charge in [0.25, 0.3) is 0 Å². The lowest BCUT2D eigenvalue weighted by atomic mass is 9.51. The minimum Gasteiger partial charge on any atom is -0.507 e. The Morgan fingerprint density at radius 3 is 2.17 bits per heavy atom. The van der Waals surface area contributed by atoms with Crippen LogP contribution in [0.4, 0.5) is 15.8 Å². The van der Waals surface area contributed by atoms with E-state index < -0.39 is 52.6 Å². The summed E-state index contributed by atoms with van der Waals surface area (Å²) in [5, 5.41) is 10.4. The molecular formula is C37H34ClFN2O5. The van der Waals surface area contributed by atoms with E-state index in [0.717, 1.165) is 34.1 Å². The number of hydrogen-bond donors (Lipinski definition) is 1. The molecule has 3 fully saturated rings. The van der Waals surface area contributed by atoms with Gasteiger partial charge in [-0.05, 0) is 98.5 Å². The first kappa shape index (κ1) is 30.4. The zero-order valence-corrected chi connectivity index (χ0v) is 26.8. The Balaban J connectivity index is 1.37. The second kappa shape index (κ2) is 10.6. The molecule has 3 aromatic rings. The van der Waals surface area contributed by atoms with E-state index >= 15 is 0 Å². The zero-order chi connectivity index (χ0) is 32.8. The number of imide groups is 2. The number of aryl methyl sites for hydroxylation is 3. The highest BCUT2D eigenvalue weighted by molar-refractivity contribution is 6.32. The standard InChI is InChI=1S/C37H34ClFN2O5/c1-5-20-6-8-22(9-7-20)40-33(43)25-12-11-24-26(30(25)35(40)45)17-27-34(44)41(23-10-13-29(39)28(38)16-23)36(46)37(27,4)31(24)21-14-18(2)32(42)19(3)15-21/h6-11,13-16,25-27,30-31,42H,5,12,17H2,1-4H3/t25-,26+,27-,30-,31-,37+/m0/s1. The molecule has 2 saturated heterocycles. The van der Waals surface area contributed by atoms with E-state index in [2.05, 4.69) is 0 Å². The average Bonchev–Trinajstić information content (AvgIpc) is 3.40. The third kappa shape index (κ3) is 4.15. The van der Waals surface area contributed by atoms with Crippen molar-refractivity contribution >= 4 is 46.6 Å². The number of nitrogens with zero attached hydrogens (tertiary/aromatic N) is 2. The quantitative estimate of drug-likeness (QED) is 0.250. The number of allylic oxidation sites excluding steroid dienone is 2. The van der Waals surface area contributed by atoms with Gasteiger partial charge in [-0.3, -0.25) is 24.1 Å². The monoisotopic (exact) mass is 640 g/mol. The molecule has 9 heteroatoms. The van der Waals surface area contributed by atoms with Crippen molar-refractivity contribution in [2.75, 3.05) is 9.80 Å². The van der Waals surface area contributed by atoms with Crippen molar-refractivity contribution in [1.29, 1.82) is 0 Å². The molecule has 7 rings (SSSR count). The fourth-order valence-electron chi connectivity index (χ4n) is 8.56. The maximum atomic E-state index is 14.6. The Hall–Kier alpha value is -4.30. The SMILES string of the molecule is CCc1ccc(N2C(=O)[C@H]3[C@H](CC=C4[C@H]3C[C@H]3C(=O)N(c5ccc(F)c(Cl)c5)C(=O)[C@@]3(C)[C@H]4c3cc(C)c(O)c(C)c3)C2=O)cc1. The van der Waals surface area contributed by atoms with Crippen molar-refractivity contribution in [3.63, 3.8) is 0 Å². The molecule has 0 aromatic heterocycles. The Labute approximate surface area is 271 Å². The fraction of sp³-hybridized carbons (Fsp3) is 0.351. The average molecular weight is 641 g/mol. The Morgan fingerprint density at radius 2 is 1.54 bits per heavy atom. The van der Waals surface area contributed by atoms with Gasteiger partial charge in [0, 0.05) is 5.92 Å². The molecule has 1 N–H and O–H groups in total. The van der Waals surface area contributed by atoms with Crippen molar-refractivity contribution in [3.8, 4) is 5.75 Å². The Bertz CT molecular complexity index is 1860. The van der Waals surface area contributed by atoms with Gasteiger partial charge in [-0.15, -0.1) is 0 Å². The zero-order valence-electron chi connectivity index (χ0n) is 26.0. The summed E-state index contributed by atoms with van der Waals surface area (Å²) in [4.78, 5) is 59.4. The highest BCUT2D eigenvalue weighted by Crippen LogP contribution is 2.64. The van der Waals surface area contributed by atoms with E-state index in [1.54, 1.807) is 32.9 Å². The first-order chi connectivity index (χ1) is 21.9. The molecule has 2 heterocycles. The molecule has 2 aliphatic carbocycles. The summed E-state index contributed by atoms with van der Waals surface area (Å²) in [6.07, 6.45) is 3.36. The summed E-state index contributed by atoms with van der Waals surface area (Å²) in [5.41, 5.74) is 3.39. The number of halogens is 2. The number of amides is 4. The largest absolute Gasteiger partial charge is 0.507 e. The predicted octanol–water partition coefficient (Wildman–Crippen LogP) is 6.80. The second-order valence-corrected chi connectivity index (χ2v) is 13.7.